The Labute approximate surface area is 58.7 Å². The Morgan fingerprint density at radius 1 is 1.67 bits per heavy atom. The molecule has 0 aromatic heterocycles. The lowest BCUT2D eigenvalue weighted by Crippen LogP contribution is -1.98. The lowest BCUT2D eigenvalue weighted by Gasteiger charge is -1.98. The van der Waals surface area contributed by atoms with Crippen molar-refractivity contribution in [2.75, 3.05) is 6.61 Å². The van der Waals surface area contributed by atoms with Gasteiger partial charge in [0.1, 0.15) is 0 Å². The van der Waals surface area contributed by atoms with Crippen LogP contribution in [0.1, 0.15) is 19.8 Å². The van der Waals surface area contributed by atoms with Crippen LogP contribution in [-0.4, -0.2) is 16.4 Å². The van der Waals surface area contributed by atoms with Crippen LogP contribution in [0.5, 0.6) is 0 Å². The molecule has 0 aromatic rings. The Hall–Kier alpha value is -0.123. The van der Waals surface area contributed by atoms with Gasteiger partial charge in [0.05, 0.1) is 6.61 Å². The van der Waals surface area contributed by atoms with Crippen molar-refractivity contribution < 1.29 is 9.46 Å². The predicted octanol–water partition coefficient (Wildman–Crippen LogP) is 0.962. The highest BCUT2D eigenvalue weighted by Gasteiger charge is 1.83. The Balaban J connectivity index is 2.66. The van der Waals surface area contributed by atoms with Crippen LogP contribution < -0.4 is 0 Å². The highest BCUT2D eigenvalue weighted by molar-refractivity contribution is 6.33. The van der Waals surface area contributed by atoms with Crippen molar-refractivity contribution in [1.29, 1.82) is 0 Å². The molecule has 0 aliphatic carbocycles. The van der Waals surface area contributed by atoms with Crippen molar-refractivity contribution >= 4 is 9.76 Å². The molecule has 0 bridgehead atoms. The molecular weight excluding hydrogens is 132 g/mol. The minimum Gasteiger partial charge on any atom is -0.289 e. The largest absolute Gasteiger partial charge is 0.289 e. The van der Waals surface area contributed by atoms with Gasteiger partial charge in [-0.2, -0.15) is 0 Å². The van der Waals surface area contributed by atoms with Gasteiger partial charge in [-0.3, -0.25) is 4.58 Å². The van der Waals surface area contributed by atoms with Crippen molar-refractivity contribution in [3.63, 3.8) is 0 Å². The van der Waals surface area contributed by atoms with E-state index in [9.17, 15) is 0 Å². The summed E-state index contributed by atoms with van der Waals surface area (Å²) >= 11 is 0. The number of hydrogen-bond donors (Lipinski definition) is 0. The summed E-state index contributed by atoms with van der Waals surface area (Å²) in [5.74, 6) is 0. The van der Waals surface area contributed by atoms with Crippen LogP contribution in [-0.2, 0) is 9.46 Å². The normalized spacial score (nSPS) is 10.8. The second-order valence-electron chi connectivity index (χ2n) is 1.75. The molecule has 2 nitrogen and oxygen atoms in total. The average molecular weight is 146 g/mol. The third-order valence-corrected chi connectivity index (χ3v) is 1.39. The summed E-state index contributed by atoms with van der Waals surface area (Å²) in [4.78, 5) is 4.80. The van der Waals surface area contributed by atoms with Gasteiger partial charge in [-0.25, -0.2) is 4.89 Å². The third kappa shape index (κ3) is 7.88. The third-order valence-electron chi connectivity index (χ3n) is 0.850. The monoisotopic (exact) mass is 146 g/mol. The van der Waals surface area contributed by atoms with E-state index in [0.29, 0.717) is 0 Å². The Bertz CT molecular complexity index is 66.1. The van der Waals surface area contributed by atoms with Gasteiger partial charge in [-0.1, -0.05) is 19.0 Å². The lowest BCUT2D eigenvalue weighted by atomic mass is 10.4. The summed E-state index contributed by atoms with van der Waals surface area (Å²) in [6.45, 7) is 6.37. The molecule has 0 rings (SSSR count). The zero-order valence-corrected chi connectivity index (χ0v) is 7.34. The molecule has 0 radical (unpaired) electrons. The number of rotatable bonds is 6. The van der Waals surface area contributed by atoms with Gasteiger partial charge in [0.15, 0.2) is 0 Å². The van der Waals surface area contributed by atoms with E-state index in [4.69, 9.17) is 9.46 Å². The lowest BCUT2D eigenvalue weighted by molar-refractivity contribution is -0.207. The van der Waals surface area contributed by atoms with Crippen LogP contribution in [0.2, 0.25) is 0 Å². The van der Waals surface area contributed by atoms with Crippen molar-refractivity contribution in [2.24, 2.45) is 0 Å². The van der Waals surface area contributed by atoms with E-state index in [1.807, 2.05) is 0 Å². The van der Waals surface area contributed by atoms with Crippen molar-refractivity contribution in [1.82, 2.24) is 0 Å². The summed E-state index contributed by atoms with van der Waals surface area (Å²) in [7, 11) is -0.565. The molecule has 0 aromatic carbocycles. The van der Waals surface area contributed by atoms with Crippen molar-refractivity contribution in [2.45, 2.75) is 19.8 Å². The highest BCUT2D eigenvalue weighted by atomic mass is 28.2. The van der Waals surface area contributed by atoms with Gasteiger partial charge in [0.2, 0.25) is 9.76 Å². The fourth-order valence-electron chi connectivity index (χ4n) is 0.358. The number of hydrogen-bond acceptors (Lipinski definition) is 2. The van der Waals surface area contributed by atoms with E-state index in [1.54, 1.807) is 5.70 Å². The molecule has 0 atom stereocenters. The van der Waals surface area contributed by atoms with Gasteiger partial charge in [0, 0.05) is 0 Å². The zero-order valence-electron chi connectivity index (χ0n) is 5.93. The van der Waals surface area contributed by atoms with E-state index >= 15 is 0 Å². The van der Waals surface area contributed by atoms with E-state index in [-0.39, 0.29) is 0 Å². The fourth-order valence-corrected chi connectivity index (χ4v) is 0.669. The summed E-state index contributed by atoms with van der Waals surface area (Å²) in [6.07, 6.45) is 2.23. The van der Waals surface area contributed by atoms with Crippen LogP contribution in [0.3, 0.4) is 0 Å². The standard InChI is InChI=1S/C6H14O2Si/c1-3-5-6-7-8-9-4-2/h4H,2-3,5-6,9H2,1H3. The van der Waals surface area contributed by atoms with Gasteiger partial charge in [-0.05, 0) is 6.42 Å². The molecule has 0 aliphatic heterocycles. The maximum Gasteiger partial charge on any atom is 0.231 e. The molecule has 0 spiro atoms. The summed E-state index contributed by atoms with van der Waals surface area (Å²) in [5.41, 5.74) is 1.80. The van der Waals surface area contributed by atoms with Gasteiger partial charge < -0.3 is 0 Å². The Morgan fingerprint density at radius 3 is 3.00 bits per heavy atom. The highest BCUT2D eigenvalue weighted by Crippen LogP contribution is 1.87. The van der Waals surface area contributed by atoms with E-state index in [1.165, 1.54) is 0 Å². The van der Waals surface area contributed by atoms with E-state index < -0.39 is 9.76 Å². The maximum absolute atomic E-state index is 4.81. The van der Waals surface area contributed by atoms with Crippen LogP contribution in [0.4, 0.5) is 0 Å². The number of unbranched alkanes of at least 4 members (excludes halogenated alkanes) is 1. The van der Waals surface area contributed by atoms with Crippen LogP contribution in [0.15, 0.2) is 12.3 Å². The Kier molecular flexibility index (Phi) is 7.77. The van der Waals surface area contributed by atoms with Crippen LogP contribution >= 0.6 is 0 Å². The molecule has 0 amide bonds. The minimum atomic E-state index is -0.565. The molecule has 0 fully saturated rings. The predicted molar refractivity (Wildman–Crippen MR) is 40.7 cm³/mol. The minimum absolute atomic E-state index is 0.565. The molecule has 9 heavy (non-hydrogen) atoms. The first kappa shape index (κ1) is 8.88. The first-order chi connectivity index (χ1) is 4.41. The smallest absolute Gasteiger partial charge is 0.231 e. The van der Waals surface area contributed by atoms with Gasteiger partial charge in [-0.15, -0.1) is 6.58 Å². The summed E-state index contributed by atoms with van der Waals surface area (Å²) in [6, 6.07) is 0. The second kappa shape index (κ2) is 7.88. The molecule has 54 valence electrons. The Morgan fingerprint density at radius 2 is 2.44 bits per heavy atom. The molecule has 0 saturated heterocycles. The molecule has 0 N–H and O–H groups in total. The topological polar surface area (TPSA) is 18.5 Å². The quantitative estimate of drug-likeness (QED) is 0.240. The molecule has 3 heteroatoms. The van der Waals surface area contributed by atoms with Gasteiger partial charge >= 0.3 is 0 Å². The average Bonchev–Trinajstić information content (AvgIpc) is 1.89. The second-order valence-corrected chi connectivity index (χ2v) is 2.90. The first-order valence-electron chi connectivity index (χ1n) is 3.27. The fraction of sp³-hybridized carbons (Fsp3) is 0.667. The molecule has 0 saturated carbocycles. The maximum atomic E-state index is 4.81. The molecular formula is C6H14O2Si. The van der Waals surface area contributed by atoms with Crippen LogP contribution in [0, 0.1) is 0 Å². The van der Waals surface area contributed by atoms with E-state index in [0.717, 1.165) is 19.4 Å². The molecule has 0 aliphatic rings. The molecule has 0 unspecified atom stereocenters. The SMILES string of the molecule is C=C[SiH2]OOCCCC. The van der Waals surface area contributed by atoms with Crippen LogP contribution in [0.25, 0.3) is 0 Å². The molecule has 0 heterocycles. The summed E-state index contributed by atoms with van der Waals surface area (Å²) in [5, 5.41) is 0. The van der Waals surface area contributed by atoms with Gasteiger partial charge in [0.25, 0.3) is 0 Å². The summed E-state index contributed by atoms with van der Waals surface area (Å²) < 4.78 is 4.81. The van der Waals surface area contributed by atoms with Crippen molar-refractivity contribution in [3.8, 4) is 0 Å². The van der Waals surface area contributed by atoms with E-state index in [2.05, 4.69) is 13.5 Å². The zero-order chi connectivity index (χ0) is 6.95. The first-order valence-corrected chi connectivity index (χ1v) is 4.66. The van der Waals surface area contributed by atoms with Crippen molar-refractivity contribution in [3.05, 3.63) is 12.3 Å².